The van der Waals surface area contributed by atoms with Crippen LogP contribution in [0.25, 0.3) is 0 Å². The first kappa shape index (κ1) is 12.0. The Morgan fingerprint density at radius 2 is 1.93 bits per heavy atom. The normalized spacial score (nSPS) is 18.1. The molecule has 0 heterocycles. The number of amides is 1. The van der Waals surface area contributed by atoms with E-state index in [1.54, 1.807) is 0 Å². The number of carbonyl (C=O) groups is 2. The zero-order valence-corrected chi connectivity index (χ0v) is 9.58. The van der Waals surface area contributed by atoms with Gasteiger partial charge in [-0.3, -0.25) is 9.59 Å². The maximum atomic E-state index is 11.8. The van der Waals surface area contributed by atoms with Gasteiger partial charge >= 0.3 is 5.97 Å². The second kappa shape index (κ2) is 5.14. The van der Waals surface area contributed by atoms with E-state index in [4.69, 9.17) is 0 Å². The van der Waals surface area contributed by atoms with Gasteiger partial charge < -0.3 is 10.1 Å². The summed E-state index contributed by atoms with van der Waals surface area (Å²) >= 11 is 0. The Morgan fingerprint density at radius 3 is 2.27 bits per heavy atom. The van der Waals surface area contributed by atoms with Crippen LogP contribution in [0, 0.1) is 11.8 Å². The number of methoxy groups -OCH3 is 1. The van der Waals surface area contributed by atoms with Crippen molar-refractivity contribution in [1.29, 1.82) is 0 Å². The quantitative estimate of drug-likeness (QED) is 0.562. The molecule has 0 aliphatic heterocycles. The van der Waals surface area contributed by atoms with Crippen LogP contribution < -0.4 is 5.32 Å². The third-order valence-electron chi connectivity index (χ3n) is 2.86. The Hall–Kier alpha value is -1.06. The highest BCUT2D eigenvalue weighted by atomic mass is 16.5. The molecule has 0 spiro atoms. The molecule has 1 fully saturated rings. The van der Waals surface area contributed by atoms with Crippen LogP contribution in [0.4, 0.5) is 0 Å². The summed E-state index contributed by atoms with van der Waals surface area (Å²) in [7, 11) is 1.31. The lowest BCUT2D eigenvalue weighted by molar-refractivity contribution is -0.152. The van der Waals surface area contributed by atoms with E-state index in [1.165, 1.54) is 7.11 Å². The molecule has 86 valence electrons. The van der Waals surface area contributed by atoms with Crippen molar-refractivity contribution >= 4 is 11.9 Å². The van der Waals surface area contributed by atoms with Crippen molar-refractivity contribution in [1.82, 2.24) is 5.32 Å². The third kappa shape index (κ3) is 2.94. The third-order valence-corrected chi connectivity index (χ3v) is 2.86. The van der Waals surface area contributed by atoms with Gasteiger partial charge in [0, 0.05) is 6.04 Å². The second-order valence-corrected chi connectivity index (χ2v) is 4.38. The van der Waals surface area contributed by atoms with Gasteiger partial charge in [0.25, 0.3) is 0 Å². The van der Waals surface area contributed by atoms with E-state index in [1.807, 2.05) is 13.8 Å². The van der Waals surface area contributed by atoms with E-state index in [2.05, 4.69) is 10.1 Å². The lowest BCUT2D eigenvalue weighted by atomic mass is 9.90. The molecule has 1 atom stereocenters. The molecule has 0 radical (unpaired) electrons. The Bertz CT molecular complexity index is 246. The van der Waals surface area contributed by atoms with Crippen LogP contribution in [0.1, 0.15) is 33.1 Å². The van der Waals surface area contributed by atoms with Crippen molar-refractivity contribution in [3.05, 3.63) is 0 Å². The molecule has 15 heavy (non-hydrogen) atoms. The van der Waals surface area contributed by atoms with Crippen molar-refractivity contribution in [3.63, 3.8) is 0 Å². The number of ether oxygens (including phenoxy) is 1. The van der Waals surface area contributed by atoms with Crippen molar-refractivity contribution in [2.75, 3.05) is 7.11 Å². The molecule has 0 bridgehead atoms. The van der Waals surface area contributed by atoms with E-state index in [9.17, 15) is 9.59 Å². The van der Waals surface area contributed by atoms with E-state index < -0.39 is 11.9 Å². The van der Waals surface area contributed by atoms with Crippen LogP contribution in [-0.4, -0.2) is 25.0 Å². The predicted molar refractivity (Wildman–Crippen MR) is 56.1 cm³/mol. The van der Waals surface area contributed by atoms with Crippen LogP contribution >= 0.6 is 0 Å². The largest absolute Gasteiger partial charge is 0.468 e. The summed E-state index contributed by atoms with van der Waals surface area (Å²) in [6.07, 6.45) is 3.21. The maximum absolute atomic E-state index is 11.8. The van der Waals surface area contributed by atoms with E-state index in [-0.39, 0.29) is 17.9 Å². The van der Waals surface area contributed by atoms with E-state index in [0.717, 1.165) is 19.3 Å². The average molecular weight is 213 g/mol. The lowest BCUT2D eigenvalue weighted by Gasteiger charge is -2.28. The lowest BCUT2D eigenvalue weighted by Crippen LogP contribution is -2.46. The maximum Gasteiger partial charge on any atom is 0.318 e. The molecule has 4 heteroatoms. The molecule has 1 aliphatic carbocycles. The zero-order chi connectivity index (χ0) is 11.4. The van der Waals surface area contributed by atoms with Gasteiger partial charge in [-0.05, 0) is 25.2 Å². The molecule has 0 saturated heterocycles. The molecular formula is C11H19NO3. The molecule has 1 rings (SSSR count). The summed E-state index contributed by atoms with van der Waals surface area (Å²) in [5.74, 6) is -1.34. The van der Waals surface area contributed by atoms with Gasteiger partial charge in [0.05, 0.1) is 7.11 Å². The molecule has 1 aliphatic rings. The molecule has 1 N–H and O–H groups in total. The smallest absolute Gasteiger partial charge is 0.318 e. The van der Waals surface area contributed by atoms with Gasteiger partial charge in [-0.25, -0.2) is 0 Å². The number of nitrogens with one attached hydrogen (secondary N) is 1. The van der Waals surface area contributed by atoms with Crippen molar-refractivity contribution in [3.8, 4) is 0 Å². The summed E-state index contributed by atoms with van der Waals surface area (Å²) in [5.41, 5.74) is 0. The van der Waals surface area contributed by atoms with E-state index >= 15 is 0 Å². The summed E-state index contributed by atoms with van der Waals surface area (Å²) < 4.78 is 4.63. The number of hydrogen-bond acceptors (Lipinski definition) is 3. The number of carbonyl (C=O) groups excluding carboxylic acids is 2. The highest BCUT2D eigenvalue weighted by molar-refractivity contribution is 5.98. The summed E-state index contributed by atoms with van der Waals surface area (Å²) in [5, 5.41) is 2.87. The van der Waals surface area contributed by atoms with Crippen molar-refractivity contribution in [2.45, 2.75) is 39.2 Å². The van der Waals surface area contributed by atoms with Gasteiger partial charge in [0.2, 0.25) is 5.91 Å². The molecule has 1 unspecified atom stereocenters. The molecular weight excluding hydrogens is 194 g/mol. The van der Waals surface area contributed by atoms with Crippen molar-refractivity contribution < 1.29 is 14.3 Å². The molecule has 0 aromatic heterocycles. The van der Waals surface area contributed by atoms with Crippen LogP contribution in [0.15, 0.2) is 0 Å². The fourth-order valence-corrected chi connectivity index (χ4v) is 1.65. The summed E-state index contributed by atoms with van der Waals surface area (Å²) in [4.78, 5) is 23.2. The molecule has 1 saturated carbocycles. The monoisotopic (exact) mass is 213 g/mol. The van der Waals surface area contributed by atoms with Gasteiger partial charge in [-0.2, -0.15) is 0 Å². The number of rotatable bonds is 4. The predicted octanol–water partition coefficient (Wildman–Crippen LogP) is 1.10. The van der Waals surface area contributed by atoms with Gasteiger partial charge in [0.1, 0.15) is 5.92 Å². The average Bonchev–Trinajstić information content (AvgIpc) is 2.10. The van der Waals surface area contributed by atoms with Gasteiger partial charge in [-0.15, -0.1) is 0 Å². The fourth-order valence-electron chi connectivity index (χ4n) is 1.65. The van der Waals surface area contributed by atoms with Crippen LogP contribution in [-0.2, 0) is 14.3 Å². The second-order valence-electron chi connectivity index (χ2n) is 4.38. The Morgan fingerprint density at radius 1 is 1.33 bits per heavy atom. The van der Waals surface area contributed by atoms with Crippen LogP contribution in [0.3, 0.4) is 0 Å². The Balaban J connectivity index is 2.53. The zero-order valence-electron chi connectivity index (χ0n) is 9.58. The van der Waals surface area contributed by atoms with Crippen LogP contribution in [0.2, 0.25) is 0 Å². The highest BCUT2D eigenvalue weighted by Gasteiger charge is 2.32. The highest BCUT2D eigenvalue weighted by Crippen LogP contribution is 2.20. The van der Waals surface area contributed by atoms with Gasteiger partial charge in [0.15, 0.2) is 0 Å². The standard InChI is InChI=1S/C11H19NO3/c1-7(2)9(11(14)15-3)10(13)12-8-5-4-6-8/h7-9H,4-6H2,1-3H3,(H,12,13). The first-order valence-electron chi connectivity index (χ1n) is 5.44. The van der Waals surface area contributed by atoms with Crippen LogP contribution in [0.5, 0.6) is 0 Å². The molecule has 0 aromatic rings. The summed E-state index contributed by atoms with van der Waals surface area (Å²) in [6.45, 7) is 3.70. The minimum atomic E-state index is -0.671. The first-order chi connectivity index (χ1) is 7.06. The first-order valence-corrected chi connectivity index (χ1v) is 5.44. The Kier molecular flexibility index (Phi) is 4.12. The molecule has 1 amide bonds. The number of hydrogen-bond donors (Lipinski definition) is 1. The summed E-state index contributed by atoms with van der Waals surface area (Å²) in [6, 6.07) is 0.267. The Labute approximate surface area is 90.4 Å². The number of esters is 1. The minimum Gasteiger partial charge on any atom is -0.468 e. The minimum absolute atomic E-state index is 0.0301. The van der Waals surface area contributed by atoms with Crippen molar-refractivity contribution in [2.24, 2.45) is 11.8 Å². The molecule has 4 nitrogen and oxygen atoms in total. The van der Waals surface area contributed by atoms with Gasteiger partial charge in [-0.1, -0.05) is 13.8 Å². The van der Waals surface area contributed by atoms with E-state index in [0.29, 0.717) is 0 Å². The topological polar surface area (TPSA) is 55.4 Å². The SMILES string of the molecule is COC(=O)C(C(=O)NC1CCC1)C(C)C. The fraction of sp³-hybridized carbons (Fsp3) is 0.818. The molecule has 0 aromatic carbocycles.